The topological polar surface area (TPSA) is 103 Å². The molecule has 0 aliphatic rings. The first kappa shape index (κ1) is 15.7. The van der Waals surface area contributed by atoms with Crippen molar-refractivity contribution in [3.05, 3.63) is 0 Å². The number of thioether (sulfide) groups is 1. The molecule has 0 rings (SSSR count). The van der Waals surface area contributed by atoms with E-state index in [1.54, 1.807) is 18.7 Å². The van der Waals surface area contributed by atoms with E-state index in [1.165, 1.54) is 6.26 Å². The van der Waals surface area contributed by atoms with E-state index in [9.17, 15) is 13.2 Å². The molecule has 0 saturated carbocycles. The number of carbonyl (C=O) groups excluding carboxylic acids is 1. The SMILES string of the molecule is CC(N)(CCCSCCS(C)(=O)=O)C(N)=O. The Bertz CT molecular complexity index is 326. The molecule has 96 valence electrons. The highest BCUT2D eigenvalue weighted by molar-refractivity contribution is 8.00. The fourth-order valence-corrected chi connectivity index (χ4v) is 3.21. The standard InChI is InChI=1S/C9H20N2O3S2/c1-9(11,8(10)12)4-3-5-15-6-7-16(2,13)14/h3-7,11H2,1-2H3,(H2,10,12). The van der Waals surface area contributed by atoms with Crippen LogP contribution in [-0.2, 0) is 14.6 Å². The van der Waals surface area contributed by atoms with Crippen molar-refractivity contribution in [3.63, 3.8) is 0 Å². The molecule has 0 aliphatic heterocycles. The second-order valence-electron chi connectivity index (χ2n) is 4.13. The predicted molar refractivity (Wildman–Crippen MR) is 68.1 cm³/mol. The maximum Gasteiger partial charge on any atom is 0.237 e. The second-order valence-corrected chi connectivity index (χ2v) is 7.61. The van der Waals surface area contributed by atoms with Crippen LogP contribution in [0.15, 0.2) is 0 Å². The van der Waals surface area contributed by atoms with E-state index in [-0.39, 0.29) is 5.75 Å². The van der Waals surface area contributed by atoms with Crippen molar-refractivity contribution < 1.29 is 13.2 Å². The van der Waals surface area contributed by atoms with E-state index in [0.29, 0.717) is 12.2 Å². The van der Waals surface area contributed by atoms with Gasteiger partial charge in [0.25, 0.3) is 0 Å². The van der Waals surface area contributed by atoms with E-state index < -0.39 is 21.3 Å². The largest absolute Gasteiger partial charge is 0.368 e. The molecule has 4 N–H and O–H groups in total. The molecule has 1 unspecified atom stereocenters. The number of hydrogen-bond acceptors (Lipinski definition) is 5. The molecule has 0 aliphatic carbocycles. The summed E-state index contributed by atoms with van der Waals surface area (Å²) in [5.41, 5.74) is 9.82. The molecule has 0 aromatic rings. The van der Waals surface area contributed by atoms with Gasteiger partial charge in [-0.3, -0.25) is 4.79 Å². The Balaban J connectivity index is 3.59. The number of primary amides is 1. The first-order chi connectivity index (χ1) is 7.15. The van der Waals surface area contributed by atoms with Gasteiger partial charge in [-0.05, 0) is 25.5 Å². The molecule has 16 heavy (non-hydrogen) atoms. The summed E-state index contributed by atoms with van der Waals surface area (Å²) >= 11 is 1.55. The van der Waals surface area contributed by atoms with Gasteiger partial charge in [0.05, 0.1) is 11.3 Å². The van der Waals surface area contributed by atoms with Crippen molar-refractivity contribution in [2.75, 3.05) is 23.5 Å². The summed E-state index contributed by atoms with van der Waals surface area (Å²) in [6, 6.07) is 0. The number of nitrogens with two attached hydrogens (primary N) is 2. The molecule has 1 amide bonds. The summed E-state index contributed by atoms with van der Waals surface area (Å²) in [6.07, 6.45) is 2.50. The van der Waals surface area contributed by atoms with Crippen LogP contribution in [-0.4, -0.2) is 43.4 Å². The van der Waals surface area contributed by atoms with Crippen LogP contribution < -0.4 is 11.5 Å². The number of carbonyl (C=O) groups is 1. The molecule has 0 aromatic carbocycles. The molecule has 0 bridgehead atoms. The van der Waals surface area contributed by atoms with E-state index in [1.807, 2.05) is 0 Å². The molecule has 0 saturated heterocycles. The summed E-state index contributed by atoms with van der Waals surface area (Å²) in [7, 11) is -2.87. The van der Waals surface area contributed by atoms with Crippen LogP contribution >= 0.6 is 11.8 Å². The Kier molecular flexibility index (Phi) is 6.35. The van der Waals surface area contributed by atoms with Gasteiger partial charge < -0.3 is 11.5 Å². The van der Waals surface area contributed by atoms with Gasteiger partial charge in [0.1, 0.15) is 9.84 Å². The Morgan fingerprint density at radius 1 is 1.38 bits per heavy atom. The van der Waals surface area contributed by atoms with Crippen molar-refractivity contribution in [3.8, 4) is 0 Å². The van der Waals surface area contributed by atoms with Crippen molar-refractivity contribution in [1.82, 2.24) is 0 Å². The minimum absolute atomic E-state index is 0.188. The minimum Gasteiger partial charge on any atom is -0.368 e. The highest BCUT2D eigenvalue weighted by Gasteiger charge is 2.24. The average Bonchev–Trinajstić information content (AvgIpc) is 2.09. The first-order valence-corrected chi connectivity index (χ1v) is 8.21. The molecular formula is C9H20N2O3S2. The number of rotatable bonds is 8. The van der Waals surface area contributed by atoms with Crippen molar-refractivity contribution in [2.45, 2.75) is 25.3 Å². The lowest BCUT2D eigenvalue weighted by molar-refractivity contribution is -0.122. The van der Waals surface area contributed by atoms with E-state index in [2.05, 4.69) is 0 Å². The van der Waals surface area contributed by atoms with Gasteiger partial charge in [-0.15, -0.1) is 0 Å². The molecule has 0 radical (unpaired) electrons. The summed E-state index contributed by atoms with van der Waals surface area (Å²) < 4.78 is 21.6. The predicted octanol–water partition coefficient (Wildman–Crippen LogP) is -0.253. The van der Waals surface area contributed by atoms with Gasteiger partial charge in [-0.1, -0.05) is 0 Å². The normalized spacial score (nSPS) is 15.7. The molecular weight excluding hydrogens is 248 g/mol. The molecule has 0 spiro atoms. The van der Waals surface area contributed by atoms with Gasteiger partial charge in [0, 0.05) is 12.0 Å². The average molecular weight is 268 g/mol. The Labute approximate surface area is 101 Å². The molecule has 1 atom stereocenters. The monoisotopic (exact) mass is 268 g/mol. The van der Waals surface area contributed by atoms with E-state index in [4.69, 9.17) is 11.5 Å². The van der Waals surface area contributed by atoms with Gasteiger partial charge in [0.15, 0.2) is 0 Å². The number of sulfone groups is 1. The lowest BCUT2D eigenvalue weighted by Crippen LogP contribution is -2.49. The van der Waals surface area contributed by atoms with Crippen LogP contribution in [0, 0.1) is 0 Å². The summed E-state index contributed by atoms with van der Waals surface area (Å²) in [5, 5.41) is 0. The maximum absolute atomic E-state index is 10.9. The second kappa shape index (κ2) is 6.46. The van der Waals surface area contributed by atoms with Crippen LogP contribution in [0.1, 0.15) is 19.8 Å². The molecule has 0 fully saturated rings. The lowest BCUT2D eigenvalue weighted by atomic mass is 9.97. The smallest absolute Gasteiger partial charge is 0.237 e. The Hall–Kier alpha value is -0.270. The van der Waals surface area contributed by atoms with Gasteiger partial charge >= 0.3 is 0 Å². The zero-order chi connectivity index (χ0) is 12.8. The van der Waals surface area contributed by atoms with Crippen LogP contribution in [0.5, 0.6) is 0 Å². The van der Waals surface area contributed by atoms with Crippen LogP contribution in [0.4, 0.5) is 0 Å². The third-order valence-electron chi connectivity index (χ3n) is 2.15. The summed E-state index contributed by atoms with van der Waals surface area (Å²) in [5.74, 6) is 1.05. The van der Waals surface area contributed by atoms with E-state index in [0.717, 1.165) is 12.2 Å². The quantitative estimate of drug-likeness (QED) is 0.591. The fourth-order valence-electron chi connectivity index (χ4n) is 0.977. The third-order valence-corrected chi connectivity index (χ3v) is 4.42. The Morgan fingerprint density at radius 2 is 1.94 bits per heavy atom. The van der Waals surface area contributed by atoms with Crippen molar-refractivity contribution >= 4 is 27.5 Å². The number of hydrogen-bond donors (Lipinski definition) is 2. The highest BCUT2D eigenvalue weighted by Crippen LogP contribution is 2.12. The van der Waals surface area contributed by atoms with Crippen LogP contribution in [0.25, 0.3) is 0 Å². The maximum atomic E-state index is 10.9. The zero-order valence-corrected chi connectivity index (χ0v) is 11.4. The van der Waals surface area contributed by atoms with Crippen LogP contribution in [0.2, 0.25) is 0 Å². The third kappa shape index (κ3) is 7.95. The minimum atomic E-state index is -2.87. The highest BCUT2D eigenvalue weighted by atomic mass is 32.2. The molecule has 5 nitrogen and oxygen atoms in total. The first-order valence-electron chi connectivity index (χ1n) is 4.99. The fraction of sp³-hybridized carbons (Fsp3) is 0.889. The van der Waals surface area contributed by atoms with Crippen molar-refractivity contribution in [1.29, 1.82) is 0 Å². The summed E-state index contributed by atoms with van der Waals surface area (Å²) in [4.78, 5) is 10.9. The van der Waals surface area contributed by atoms with Crippen molar-refractivity contribution in [2.24, 2.45) is 11.5 Å². The van der Waals surface area contributed by atoms with Gasteiger partial charge in [0.2, 0.25) is 5.91 Å². The lowest BCUT2D eigenvalue weighted by Gasteiger charge is -2.19. The Morgan fingerprint density at radius 3 is 2.38 bits per heavy atom. The van der Waals surface area contributed by atoms with E-state index >= 15 is 0 Å². The van der Waals surface area contributed by atoms with Gasteiger partial charge in [-0.25, -0.2) is 8.42 Å². The number of amides is 1. The molecule has 0 aromatic heterocycles. The van der Waals surface area contributed by atoms with Gasteiger partial charge in [-0.2, -0.15) is 11.8 Å². The molecule has 7 heteroatoms. The molecule has 0 heterocycles. The summed E-state index contributed by atoms with van der Waals surface area (Å²) in [6.45, 7) is 1.61. The zero-order valence-electron chi connectivity index (χ0n) is 9.73. The van der Waals surface area contributed by atoms with Crippen LogP contribution in [0.3, 0.4) is 0 Å².